The maximum Gasteiger partial charge on any atom is 0.248 e. The highest BCUT2D eigenvalue weighted by atomic mass is 19.3. The van der Waals surface area contributed by atoms with Gasteiger partial charge in [0.15, 0.2) is 0 Å². The fraction of sp³-hybridized carbons (Fsp3) is 0.474. The molecule has 0 aliphatic heterocycles. The van der Waals surface area contributed by atoms with Gasteiger partial charge >= 0.3 is 0 Å². The molecule has 0 radical (unpaired) electrons. The van der Waals surface area contributed by atoms with Crippen LogP contribution in [0.2, 0.25) is 0 Å². The van der Waals surface area contributed by atoms with Gasteiger partial charge in [-0.1, -0.05) is 18.7 Å². The third-order valence-electron chi connectivity index (χ3n) is 4.59. The summed E-state index contributed by atoms with van der Waals surface area (Å²) < 4.78 is 32.0. The lowest BCUT2D eigenvalue weighted by Crippen LogP contribution is -2.28. The minimum Gasteiger partial charge on any atom is -0.495 e. The maximum absolute atomic E-state index is 13.4. The van der Waals surface area contributed by atoms with Crippen LogP contribution in [0.15, 0.2) is 31.0 Å². The minimum absolute atomic E-state index is 0.266. The number of hydrogen-bond acceptors (Lipinski definition) is 3. The number of amides is 1. The number of nitrogens with one attached hydrogen (secondary N) is 1. The van der Waals surface area contributed by atoms with Crippen molar-refractivity contribution >= 4 is 17.8 Å². The Hall–Kier alpha value is -2.24. The van der Waals surface area contributed by atoms with E-state index >= 15 is 0 Å². The lowest BCUT2D eigenvalue weighted by molar-refractivity contribution is -0.111. The molecule has 0 atom stereocenters. The summed E-state index contributed by atoms with van der Waals surface area (Å²) in [4.78, 5) is 15.5. The number of carbonyl (C=O) groups is 1. The molecule has 136 valence electrons. The van der Waals surface area contributed by atoms with E-state index in [1.165, 1.54) is 12.3 Å². The molecule has 0 aromatic carbocycles. The number of allylic oxidation sites excluding steroid dienone is 1. The van der Waals surface area contributed by atoms with Crippen LogP contribution in [-0.2, 0) is 4.79 Å². The number of nitrogens with zero attached hydrogens (tertiary/aromatic N) is 1. The summed E-state index contributed by atoms with van der Waals surface area (Å²) in [6.07, 6.45) is 9.20. The van der Waals surface area contributed by atoms with E-state index in [0.29, 0.717) is 24.4 Å². The molecule has 4 nitrogen and oxygen atoms in total. The van der Waals surface area contributed by atoms with E-state index in [-0.39, 0.29) is 11.8 Å². The van der Waals surface area contributed by atoms with Crippen LogP contribution in [0.25, 0.3) is 6.08 Å². The molecular weight excluding hydrogens is 326 g/mol. The van der Waals surface area contributed by atoms with Crippen molar-refractivity contribution in [2.24, 2.45) is 11.8 Å². The first-order chi connectivity index (χ1) is 11.8. The molecule has 25 heavy (non-hydrogen) atoms. The molecule has 1 N–H and O–H groups in total. The van der Waals surface area contributed by atoms with Gasteiger partial charge in [-0.05, 0) is 50.7 Å². The Bertz CT molecular complexity index is 645. The average Bonchev–Trinajstić information content (AvgIpc) is 2.59. The molecule has 1 fully saturated rings. The summed E-state index contributed by atoms with van der Waals surface area (Å²) in [6.45, 7) is 4.41. The first kappa shape index (κ1) is 19.1. The number of pyridine rings is 1. The van der Waals surface area contributed by atoms with Gasteiger partial charge in [-0.3, -0.25) is 4.79 Å². The number of anilines is 1. The Kier molecular flexibility index (Phi) is 6.28. The van der Waals surface area contributed by atoms with Crippen LogP contribution < -0.4 is 10.1 Å². The minimum atomic E-state index is -2.60. The van der Waals surface area contributed by atoms with Crippen LogP contribution >= 0.6 is 0 Å². The Balaban J connectivity index is 2.05. The number of ether oxygens (including phenoxy) is 1. The third kappa shape index (κ3) is 5.37. The van der Waals surface area contributed by atoms with Gasteiger partial charge in [0.1, 0.15) is 11.6 Å². The monoisotopic (exact) mass is 350 g/mol. The van der Waals surface area contributed by atoms with Crippen LogP contribution in [-0.4, -0.2) is 23.9 Å². The molecule has 1 aliphatic carbocycles. The molecule has 1 aliphatic rings. The fourth-order valence-corrected chi connectivity index (χ4v) is 3.06. The predicted molar refractivity (Wildman–Crippen MR) is 94.7 cm³/mol. The van der Waals surface area contributed by atoms with Gasteiger partial charge in [0, 0.05) is 11.5 Å². The van der Waals surface area contributed by atoms with E-state index in [2.05, 4.69) is 16.9 Å². The lowest BCUT2D eigenvalue weighted by atomic mass is 9.79. The fourth-order valence-electron chi connectivity index (χ4n) is 3.06. The quantitative estimate of drug-likeness (QED) is 0.757. The van der Waals surface area contributed by atoms with E-state index in [1.807, 2.05) is 12.2 Å². The second kappa shape index (κ2) is 8.23. The molecule has 0 saturated heterocycles. The number of carbonyl (C=O) groups excluding carboxylic acids is 1. The first-order valence-electron chi connectivity index (χ1n) is 8.37. The third-order valence-corrected chi connectivity index (χ3v) is 4.59. The van der Waals surface area contributed by atoms with E-state index in [4.69, 9.17) is 4.74 Å². The van der Waals surface area contributed by atoms with Gasteiger partial charge in [0.25, 0.3) is 0 Å². The Labute approximate surface area is 147 Å². The van der Waals surface area contributed by atoms with E-state index in [1.54, 1.807) is 13.2 Å². The van der Waals surface area contributed by atoms with Gasteiger partial charge in [0.2, 0.25) is 11.8 Å². The van der Waals surface area contributed by atoms with Crippen LogP contribution in [0, 0.1) is 11.8 Å². The number of methoxy groups -OCH3 is 1. The van der Waals surface area contributed by atoms with Gasteiger partial charge in [-0.25, -0.2) is 13.8 Å². The summed E-state index contributed by atoms with van der Waals surface area (Å²) >= 11 is 0. The predicted octanol–water partition coefficient (Wildman–Crippen LogP) is 4.69. The Morgan fingerprint density at radius 1 is 1.40 bits per heavy atom. The zero-order valence-electron chi connectivity index (χ0n) is 14.6. The van der Waals surface area contributed by atoms with Crippen LogP contribution in [0.5, 0.6) is 5.75 Å². The molecule has 2 rings (SSSR count). The first-order valence-corrected chi connectivity index (χ1v) is 8.37. The van der Waals surface area contributed by atoms with Gasteiger partial charge < -0.3 is 10.1 Å². The number of halogens is 2. The van der Waals surface area contributed by atoms with Crippen molar-refractivity contribution in [1.82, 2.24) is 4.98 Å². The highest BCUT2D eigenvalue weighted by molar-refractivity contribution is 5.98. The highest BCUT2D eigenvalue weighted by Crippen LogP contribution is 2.39. The lowest BCUT2D eigenvalue weighted by Gasteiger charge is -2.30. The molecule has 6 heteroatoms. The standard InChI is InChI=1S/C19H24F2N2O2/c1-4-18(24)23-17-11-14(16(25-3)12-22-17)8-5-13-6-9-15(10-7-13)19(2,20)21/h4-5,8,11-13,15H,1,6-7,9-10H2,2-3H3,(H,22,23,24)/b8-5+. The molecule has 1 aromatic heterocycles. The summed E-state index contributed by atoms with van der Waals surface area (Å²) in [5.74, 6) is -2.20. The average molecular weight is 350 g/mol. The SMILES string of the molecule is C=CC(=O)Nc1cc(/C=C/C2CCC(C(C)(F)F)CC2)c(OC)cn1. The second-order valence-electron chi connectivity index (χ2n) is 6.43. The zero-order valence-corrected chi connectivity index (χ0v) is 14.6. The van der Waals surface area contributed by atoms with Crippen molar-refractivity contribution in [3.63, 3.8) is 0 Å². The molecular formula is C19H24F2N2O2. The van der Waals surface area contributed by atoms with Gasteiger partial charge in [-0.15, -0.1) is 0 Å². The van der Waals surface area contributed by atoms with Crippen LogP contribution in [0.1, 0.15) is 38.2 Å². The topological polar surface area (TPSA) is 51.2 Å². The number of alkyl halides is 2. The molecule has 0 unspecified atom stereocenters. The molecule has 0 spiro atoms. The van der Waals surface area contributed by atoms with Crippen molar-refractivity contribution in [2.45, 2.75) is 38.5 Å². The van der Waals surface area contributed by atoms with E-state index in [0.717, 1.165) is 25.3 Å². The number of aromatic nitrogens is 1. The molecule has 1 amide bonds. The van der Waals surface area contributed by atoms with Crippen molar-refractivity contribution in [3.8, 4) is 5.75 Å². The van der Waals surface area contributed by atoms with Crippen molar-refractivity contribution in [1.29, 1.82) is 0 Å². The van der Waals surface area contributed by atoms with Gasteiger partial charge in [-0.2, -0.15) is 0 Å². The van der Waals surface area contributed by atoms with E-state index in [9.17, 15) is 13.6 Å². The second-order valence-corrected chi connectivity index (χ2v) is 6.43. The van der Waals surface area contributed by atoms with Crippen molar-refractivity contribution in [3.05, 3.63) is 36.6 Å². The van der Waals surface area contributed by atoms with Crippen molar-refractivity contribution in [2.75, 3.05) is 12.4 Å². The highest BCUT2D eigenvalue weighted by Gasteiger charge is 2.36. The number of hydrogen-bond donors (Lipinski definition) is 1. The van der Waals surface area contributed by atoms with Crippen LogP contribution in [0.4, 0.5) is 14.6 Å². The molecule has 1 aromatic rings. The van der Waals surface area contributed by atoms with Crippen LogP contribution in [0.3, 0.4) is 0 Å². The van der Waals surface area contributed by atoms with E-state index < -0.39 is 11.8 Å². The van der Waals surface area contributed by atoms with Crippen molar-refractivity contribution < 1.29 is 18.3 Å². The smallest absolute Gasteiger partial charge is 0.248 e. The number of rotatable bonds is 6. The summed E-state index contributed by atoms with van der Waals surface area (Å²) in [7, 11) is 1.55. The maximum atomic E-state index is 13.4. The molecule has 1 saturated carbocycles. The summed E-state index contributed by atoms with van der Waals surface area (Å²) in [5.41, 5.74) is 0.778. The normalized spacial score (nSPS) is 21.1. The summed E-state index contributed by atoms with van der Waals surface area (Å²) in [5, 5.41) is 2.60. The Morgan fingerprint density at radius 3 is 2.64 bits per heavy atom. The zero-order chi connectivity index (χ0) is 18.4. The molecule has 0 bridgehead atoms. The molecule has 1 heterocycles. The Morgan fingerprint density at radius 2 is 2.08 bits per heavy atom. The summed E-state index contributed by atoms with van der Waals surface area (Å²) in [6, 6.07) is 1.71. The van der Waals surface area contributed by atoms with Gasteiger partial charge in [0.05, 0.1) is 13.3 Å². The largest absolute Gasteiger partial charge is 0.495 e.